The fourth-order valence-electron chi connectivity index (χ4n) is 4.24. The quantitative estimate of drug-likeness (QED) is 0.124. The molecule has 47 heavy (non-hydrogen) atoms. The molecule has 0 atom stereocenters. The lowest BCUT2D eigenvalue weighted by Crippen LogP contribution is -2.34. The number of benzene rings is 2. The number of amides is 1. The molecule has 1 amide bonds. The number of allylic oxidation sites excluding steroid dienone is 1. The van der Waals surface area contributed by atoms with E-state index >= 15 is 0 Å². The molecule has 14 nitrogen and oxygen atoms in total. The Bertz CT molecular complexity index is 1740. The van der Waals surface area contributed by atoms with E-state index in [0.29, 0.717) is 33.8 Å². The standard InChI is InChI=1S/C23H21FN8O3.C9H17NO2/c1-33-20-9-19-15(8-17(20)25)22(31-12-30-19)32-18-4-3-14(7-16(18)24)35-21(26)5-6-27-13-10-28-23(34-2)29-11-13;1-9(2,3)12-8(11)10-6-4-5-7-10/h3-12H,25-26H2,1-2H3,(H,30,31,32);4-7H2,1-3H3/b21-5+,27-6?;. The number of carbonyl (C=O) groups is 1. The third-order valence-electron chi connectivity index (χ3n) is 6.43. The second-order valence-corrected chi connectivity index (χ2v) is 11.2. The van der Waals surface area contributed by atoms with Crippen LogP contribution in [0.25, 0.3) is 10.9 Å². The van der Waals surface area contributed by atoms with Crippen molar-refractivity contribution in [3.8, 4) is 17.5 Å². The summed E-state index contributed by atoms with van der Waals surface area (Å²) in [6.07, 6.45) is 9.22. The van der Waals surface area contributed by atoms with E-state index in [1.165, 1.54) is 57.4 Å². The number of anilines is 3. The van der Waals surface area contributed by atoms with Gasteiger partial charge < -0.3 is 40.6 Å². The van der Waals surface area contributed by atoms with Crippen molar-refractivity contribution < 1.29 is 28.1 Å². The van der Waals surface area contributed by atoms with Gasteiger partial charge in [-0.1, -0.05) is 0 Å². The highest BCUT2D eigenvalue weighted by atomic mass is 19.1. The third kappa shape index (κ3) is 9.88. The summed E-state index contributed by atoms with van der Waals surface area (Å²) in [4.78, 5) is 33.6. The lowest BCUT2D eigenvalue weighted by Gasteiger charge is -2.23. The minimum atomic E-state index is -0.576. The molecule has 1 saturated heterocycles. The second-order valence-electron chi connectivity index (χ2n) is 11.2. The molecule has 0 unspecified atom stereocenters. The number of ether oxygens (including phenoxy) is 4. The van der Waals surface area contributed by atoms with Crippen LogP contribution in [0.2, 0.25) is 0 Å². The Labute approximate surface area is 271 Å². The monoisotopic (exact) mass is 647 g/mol. The fourth-order valence-corrected chi connectivity index (χ4v) is 4.24. The highest BCUT2D eigenvalue weighted by Crippen LogP contribution is 2.32. The van der Waals surface area contributed by atoms with Crippen LogP contribution in [0, 0.1) is 5.82 Å². The summed E-state index contributed by atoms with van der Waals surface area (Å²) in [6.45, 7) is 7.38. The van der Waals surface area contributed by atoms with E-state index < -0.39 is 5.82 Å². The molecule has 4 aromatic rings. The number of fused-ring (bicyclic) bond motifs is 1. The number of methoxy groups -OCH3 is 2. The van der Waals surface area contributed by atoms with E-state index in [9.17, 15) is 9.18 Å². The molecule has 0 bridgehead atoms. The second kappa shape index (κ2) is 15.5. The summed E-state index contributed by atoms with van der Waals surface area (Å²) in [6, 6.07) is 7.84. The maximum atomic E-state index is 14.8. The average molecular weight is 648 g/mol. The van der Waals surface area contributed by atoms with Crippen LogP contribution in [0.3, 0.4) is 0 Å². The summed E-state index contributed by atoms with van der Waals surface area (Å²) >= 11 is 0. The molecule has 5 rings (SSSR count). The van der Waals surface area contributed by atoms with Crippen molar-refractivity contribution in [1.29, 1.82) is 0 Å². The third-order valence-corrected chi connectivity index (χ3v) is 6.43. The van der Waals surface area contributed by atoms with Crippen molar-refractivity contribution in [3.05, 3.63) is 66.8 Å². The number of likely N-dealkylation sites (tertiary alicyclic amines) is 1. The summed E-state index contributed by atoms with van der Waals surface area (Å²) in [5, 5.41) is 3.57. The Morgan fingerprint density at radius 1 is 1.04 bits per heavy atom. The van der Waals surface area contributed by atoms with E-state index in [0.717, 1.165) is 25.9 Å². The van der Waals surface area contributed by atoms with E-state index in [2.05, 4.69) is 30.2 Å². The minimum absolute atomic E-state index is 0.00880. The molecular formula is C32H38FN9O5. The lowest BCUT2D eigenvalue weighted by molar-refractivity contribution is 0.0295. The number of nitrogen functional groups attached to an aromatic ring is 1. The van der Waals surface area contributed by atoms with Gasteiger partial charge >= 0.3 is 12.1 Å². The summed E-state index contributed by atoms with van der Waals surface area (Å²) in [5.74, 6) is 0.504. The van der Waals surface area contributed by atoms with Gasteiger partial charge in [0.05, 0.1) is 49.2 Å². The first kappa shape index (κ1) is 34.1. The van der Waals surface area contributed by atoms with Crippen molar-refractivity contribution >= 4 is 46.1 Å². The molecule has 1 aliphatic rings. The van der Waals surface area contributed by atoms with Crippen molar-refractivity contribution in [2.45, 2.75) is 39.2 Å². The average Bonchev–Trinajstić information content (AvgIpc) is 3.58. The fraction of sp³-hybridized carbons (Fsp3) is 0.312. The van der Waals surface area contributed by atoms with Crippen LogP contribution in [0.1, 0.15) is 33.6 Å². The zero-order chi connectivity index (χ0) is 34.0. The van der Waals surface area contributed by atoms with Crippen LogP contribution in [0.4, 0.5) is 32.1 Å². The van der Waals surface area contributed by atoms with Crippen LogP contribution < -0.4 is 31.0 Å². The number of aliphatic imine (C=N–C) groups is 1. The Morgan fingerprint density at radius 3 is 2.40 bits per heavy atom. The van der Waals surface area contributed by atoms with Crippen molar-refractivity contribution in [2.24, 2.45) is 10.7 Å². The molecule has 0 spiro atoms. The Kier molecular flexibility index (Phi) is 11.3. The number of aromatic nitrogens is 4. The number of nitrogens with two attached hydrogens (primary N) is 2. The van der Waals surface area contributed by atoms with Gasteiger partial charge in [-0.15, -0.1) is 0 Å². The van der Waals surface area contributed by atoms with E-state index in [1.807, 2.05) is 20.8 Å². The van der Waals surface area contributed by atoms with Gasteiger partial charge in [-0.05, 0) is 51.8 Å². The zero-order valence-electron chi connectivity index (χ0n) is 26.9. The molecule has 248 valence electrons. The number of hydrogen-bond acceptors (Lipinski definition) is 13. The van der Waals surface area contributed by atoms with Crippen LogP contribution in [0.15, 0.2) is 66.0 Å². The van der Waals surface area contributed by atoms with Crippen LogP contribution >= 0.6 is 0 Å². The van der Waals surface area contributed by atoms with Gasteiger partial charge in [0.1, 0.15) is 35.1 Å². The number of nitrogens with one attached hydrogen (secondary N) is 1. The molecule has 3 heterocycles. The van der Waals surface area contributed by atoms with Crippen LogP contribution in [0.5, 0.6) is 17.5 Å². The summed E-state index contributed by atoms with van der Waals surface area (Å²) in [5.41, 5.74) is 13.2. The minimum Gasteiger partial charge on any atom is -0.495 e. The predicted molar refractivity (Wildman–Crippen MR) is 177 cm³/mol. The van der Waals surface area contributed by atoms with Gasteiger partial charge in [-0.2, -0.15) is 0 Å². The van der Waals surface area contributed by atoms with Crippen molar-refractivity contribution in [3.63, 3.8) is 0 Å². The molecule has 2 aromatic heterocycles. The molecule has 1 aliphatic heterocycles. The number of hydrogen-bond donors (Lipinski definition) is 3. The molecule has 15 heteroatoms. The molecule has 1 fully saturated rings. The van der Waals surface area contributed by atoms with Gasteiger partial charge in [0.15, 0.2) is 5.88 Å². The first-order valence-electron chi connectivity index (χ1n) is 14.6. The normalized spacial score (nSPS) is 13.2. The highest BCUT2D eigenvalue weighted by Gasteiger charge is 2.24. The first-order valence-corrected chi connectivity index (χ1v) is 14.6. The summed E-state index contributed by atoms with van der Waals surface area (Å²) < 4.78 is 35.5. The van der Waals surface area contributed by atoms with Gasteiger partial charge in [0.25, 0.3) is 0 Å². The molecule has 0 aliphatic carbocycles. The van der Waals surface area contributed by atoms with Gasteiger partial charge in [-0.3, -0.25) is 4.99 Å². The van der Waals surface area contributed by atoms with Crippen molar-refractivity contribution in [2.75, 3.05) is 38.4 Å². The predicted octanol–water partition coefficient (Wildman–Crippen LogP) is 5.50. The number of carbonyl (C=O) groups excluding carboxylic acids is 1. The molecule has 2 aromatic carbocycles. The number of nitrogens with zero attached hydrogens (tertiary/aromatic N) is 6. The topological polar surface area (TPSA) is 185 Å². The molecule has 5 N–H and O–H groups in total. The SMILES string of the molecule is CC(C)(C)OC(=O)N1CCCC1.COc1ncc(N=C/C=C(\N)Oc2ccc(Nc3ncnc4cc(OC)c(N)cc34)c(F)c2)cn1. The maximum Gasteiger partial charge on any atom is 0.410 e. The summed E-state index contributed by atoms with van der Waals surface area (Å²) in [7, 11) is 2.98. The van der Waals surface area contributed by atoms with Crippen LogP contribution in [-0.2, 0) is 4.74 Å². The van der Waals surface area contributed by atoms with E-state index in [4.69, 9.17) is 30.4 Å². The van der Waals surface area contributed by atoms with Gasteiger partial charge in [-0.25, -0.2) is 29.1 Å². The van der Waals surface area contributed by atoms with Crippen molar-refractivity contribution in [1.82, 2.24) is 24.8 Å². The van der Waals surface area contributed by atoms with Gasteiger partial charge in [0, 0.05) is 42.9 Å². The molecular weight excluding hydrogens is 609 g/mol. The Hall–Kier alpha value is -5.73. The maximum absolute atomic E-state index is 14.8. The van der Waals surface area contributed by atoms with Gasteiger partial charge in [0.2, 0.25) is 0 Å². The van der Waals surface area contributed by atoms with E-state index in [1.54, 1.807) is 23.1 Å². The Balaban J connectivity index is 0.000000351. The Morgan fingerprint density at radius 2 is 1.77 bits per heavy atom. The molecule has 0 saturated carbocycles. The zero-order valence-corrected chi connectivity index (χ0v) is 26.9. The van der Waals surface area contributed by atoms with E-state index in [-0.39, 0.29) is 35.0 Å². The number of halogens is 1. The van der Waals surface area contributed by atoms with Crippen LogP contribution in [-0.4, -0.2) is 70.1 Å². The lowest BCUT2D eigenvalue weighted by atomic mass is 10.2. The first-order chi connectivity index (χ1) is 22.5. The molecule has 0 radical (unpaired) electrons. The smallest absolute Gasteiger partial charge is 0.410 e. The largest absolute Gasteiger partial charge is 0.495 e. The highest BCUT2D eigenvalue weighted by molar-refractivity contribution is 5.94. The number of rotatable bonds is 8.